The zero-order chi connectivity index (χ0) is 29.8. The summed E-state index contributed by atoms with van der Waals surface area (Å²) in [7, 11) is 1.79. The second kappa shape index (κ2) is 10.1. The van der Waals surface area contributed by atoms with Gasteiger partial charge in [0.15, 0.2) is 5.60 Å². The fourth-order valence-corrected chi connectivity index (χ4v) is 6.57. The summed E-state index contributed by atoms with van der Waals surface area (Å²) < 4.78 is 4.04. The van der Waals surface area contributed by atoms with E-state index in [1.807, 2.05) is 67.3 Å². The summed E-state index contributed by atoms with van der Waals surface area (Å²) >= 11 is 0. The Labute approximate surface area is 250 Å². The summed E-state index contributed by atoms with van der Waals surface area (Å²) in [5.41, 5.74) is 4.18. The number of hydrogen-bond acceptors (Lipinski definition) is 4. The Morgan fingerprint density at radius 3 is 1.86 bits per heavy atom. The molecule has 1 aliphatic heterocycles. The van der Waals surface area contributed by atoms with Gasteiger partial charge in [0.25, 0.3) is 5.91 Å². The molecule has 1 amide bonds. The van der Waals surface area contributed by atoms with Gasteiger partial charge in [0.05, 0.1) is 35.5 Å². The van der Waals surface area contributed by atoms with Gasteiger partial charge in [-0.25, -0.2) is 9.97 Å². The van der Waals surface area contributed by atoms with E-state index in [-0.39, 0.29) is 11.8 Å². The van der Waals surface area contributed by atoms with Crippen molar-refractivity contribution in [2.24, 2.45) is 5.92 Å². The molecule has 0 aliphatic carbocycles. The number of carbonyl (C=O) groups excluding carboxylic acids is 1. The molecule has 0 fully saturated rings. The highest BCUT2D eigenvalue weighted by atomic mass is 16.3. The third-order valence-electron chi connectivity index (χ3n) is 8.86. The van der Waals surface area contributed by atoms with E-state index in [9.17, 15) is 9.90 Å². The van der Waals surface area contributed by atoms with Gasteiger partial charge >= 0.3 is 0 Å². The van der Waals surface area contributed by atoms with Crippen LogP contribution in [0.3, 0.4) is 0 Å². The highest BCUT2D eigenvalue weighted by Crippen LogP contribution is 2.43. The van der Waals surface area contributed by atoms with Crippen molar-refractivity contribution in [3.63, 3.8) is 0 Å². The van der Waals surface area contributed by atoms with Gasteiger partial charge in [-0.1, -0.05) is 105 Å². The molecule has 3 aromatic heterocycles. The fourth-order valence-electron chi connectivity index (χ4n) is 6.57. The first-order valence-electron chi connectivity index (χ1n) is 14.6. The quantitative estimate of drug-likeness (QED) is 0.246. The third kappa shape index (κ3) is 3.96. The van der Waals surface area contributed by atoms with Crippen LogP contribution in [0.15, 0.2) is 122 Å². The molecular formula is C36H33N5O2. The lowest BCUT2D eigenvalue weighted by atomic mass is 9.76. The first-order chi connectivity index (χ1) is 20.8. The van der Waals surface area contributed by atoms with Crippen LogP contribution in [0.2, 0.25) is 0 Å². The Hall–Kier alpha value is -5.01. The van der Waals surface area contributed by atoms with Crippen LogP contribution in [0.4, 0.5) is 0 Å². The molecule has 0 saturated carbocycles. The molecule has 1 aliphatic rings. The summed E-state index contributed by atoms with van der Waals surface area (Å²) in [6.45, 7) is 4.44. The number of amides is 1. The zero-order valence-electron chi connectivity index (χ0n) is 24.4. The minimum absolute atomic E-state index is 0.0101. The molecule has 0 saturated heterocycles. The molecule has 7 heteroatoms. The standard InChI is InChI=1S/C36H33N5O2/c1-25(2)36(43,32-23-41-30-21-39(3)34(42)29(30)19-20-33(41)38-32)31-22-40(24-37-31)35(26-13-7-4-8-14-26,27-15-9-5-10-16-27)28-17-11-6-12-18-28/h4-20,22-25,43H,21H2,1-3H3. The van der Waals surface area contributed by atoms with Gasteiger partial charge in [0.2, 0.25) is 0 Å². The van der Waals surface area contributed by atoms with Crippen LogP contribution < -0.4 is 0 Å². The smallest absolute Gasteiger partial charge is 0.255 e. The number of pyridine rings is 1. The van der Waals surface area contributed by atoms with Gasteiger partial charge < -0.3 is 19.0 Å². The van der Waals surface area contributed by atoms with Crippen LogP contribution in [0, 0.1) is 5.92 Å². The normalized spacial score (nSPS) is 14.8. The number of carbonyl (C=O) groups is 1. The second-order valence-corrected chi connectivity index (χ2v) is 11.6. The highest BCUT2D eigenvalue weighted by Gasteiger charge is 2.44. The Morgan fingerprint density at radius 2 is 1.33 bits per heavy atom. The lowest BCUT2D eigenvalue weighted by Crippen LogP contribution is -2.37. The summed E-state index contributed by atoms with van der Waals surface area (Å²) in [5, 5.41) is 12.5. The van der Waals surface area contributed by atoms with Crippen molar-refractivity contribution in [3.8, 4) is 0 Å². The van der Waals surface area contributed by atoms with Crippen LogP contribution in [0.5, 0.6) is 0 Å². The van der Waals surface area contributed by atoms with Gasteiger partial charge in [-0.2, -0.15) is 0 Å². The number of benzene rings is 3. The van der Waals surface area contributed by atoms with E-state index in [4.69, 9.17) is 9.97 Å². The van der Waals surface area contributed by atoms with Crippen LogP contribution in [-0.4, -0.2) is 41.9 Å². The largest absolute Gasteiger partial charge is 0.377 e. The van der Waals surface area contributed by atoms with E-state index in [1.165, 1.54) is 0 Å². The van der Waals surface area contributed by atoms with E-state index in [2.05, 4.69) is 77.4 Å². The minimum Gasteiger partial charge on any atom is -0.377 e. The van der Waals surface area contributed by atoms with Crippen molar-refractivity contribution in [2.45, 2.75) is 31.5 Å². The van der Waals surface area contributed by atoms with Crippen LogP contribution in [0.25, 0.3) is 5.65 Å². The Morgan fingerprint density at radius 1 is 0.767 bits per heavy atom. The topological polar surface area (TPSA) is 75.7 Å². The molecule has 3 aromatic carbocycles. The van der Waals surface area contributed by atoms with Gasteiger partial charge in [-0.3, -0.25) is 4.79 Å². The Balaban J connectivity index is 1.44. The highest BCUT2D eigenvalue weighted by molar-refractivity contribution is 5.98. The van der Waals surface area contributed by atoms with E-state index in [0.29, 0.717) is 29.1 Å². The first-order valence-corrected chi connectivity index (χ1v) is 14.6. The molecule has 1 atom stereocenters. The summed E-state index contributed by atoms with van der Waals surface area (Å²) in [5.74, 6) is -0.262. The lowest BCUT2D eigenvalue weighted by molar-refractivity contribution is 0.0240. The zero-order valence-corrected chi connectivity index (χ0v) is 24.4. The number of rotatable bonds is 7. The fraction of sp³-hybridized carbons (Fsp3) is 0.194. The predicted octanol–water partition coefficient (Wildman–Crippen LogP) is 5.85. The number of imidazole rings is 2. The average molecular weight is 568 g/mol. The Kier molecular flexibility index (Phi) is 6.29. The van der Waals surface area contributed by atoms with Gasteiger partial charge in [0, 0.05) is 19.4 Å². The maximum Gasteiger partial charge on any atom is 0.255 e. The average Bonchev–Trinajstić information content (AvgIpc) is 3.77. The van der Waals surface area contributed by atoms with Crippen LogP contribution in [-0.2, 0) is 17.7 Å². The summed E-state index contributed by atoms with van der Waals surface area (Å²) in [6, 6.07) is 34.8. The maximum absolute atomic E-state index is 12.7. The molecule has 1 unspecified atom stereocenters. The van der Waals surface area contributed by atoms with E-state index in [1.54, 1.807) is 11.9 Å². The number of nitrogens with zero attached hydrogens (tertiary/aromatic N) is 5. The molecule has 4 heterocycles. The number of hydrogen-bond donors (Lipinski definition) is 1. The van der Waals surface area contributed by atoms with E-state index >= 15 is 0 Å². The molecule has 7 nitrogen and oxygen atoms in total. The van der Waals surface area contributed by atoms with Crippen molar-refractivity contribution in [3.05, 3.63) is 161 Å². The van der Waals surface area contributed by atoms with Gasteiger partial charge in [-0.05, 0) is 34.7 Å². The predicted molar refractivity (Wildman–Crippen MR) is 166 cm³/mol. The van der Waals surface area contributed by atoms with Crippen molar-refractivity contribution >= 4 is 11.6 Å². The number of fused-ring (bicyclic) bond motifs is 3. The van der Waals surface area contributed by atoms with Crippen LogP contribution in [0.1, 0.15) is 58.0 Å². The molecule has 6 aromatic rings. The van der Waals surface area contributed by atoms with Crippen molar-refractivity contribution in [2.75, 3.05) is 7.05 Å². The lowest BCUT2D eigenvalue weighted by Gasteiger charge is -2.37. The summed E-state index contributed by atoms with van der Waals surface area (Å²) in [4.78, 5) is 24.1. The second-order valence-electron chi connectivity index (χ2n) is 11.6. The van der Waals surface area contributed by atoms with Crippen molar-refractivity contribution < 1.29 is 9.90 Å². The van der Waals surface area contributed by atoms with Crippen molar-refractivity contribution in [1.29, 1.82) is 0 Å². The number of aromatic nitrogens is 4. The van der Waals surface area contributed by atoms with Gasteiger partial charge in [0.1, 0.15) is 11.2 Å². The molecule has 7 rings (SSSR count). The Bertz CT molecular complexity index is 1830. The van der Waals surface area contributed by atoms with E-state index in [0.717, 1.165) is 22.4 Å². The molecule has 0 bridgehead atoms. The monoisotopic (exact) mass is 567 g/mol. The molecule has 43 heavy (non-hydrogen) atoms. The van der Waals surface area contributed by atoms with Crippen molar-refractivity contribution in [1.82, 2.24) is 23.8 Å². The van der Waals surface area contributed by atoms with Gasteiger partial charge in [-0.15, -0.1) is 0 Å². The van der Waals surface area contributed by atoms with Crippen LogP contribution >= 0.6 is 0 Å². The third-order valence-corrected chi connectivity index (χ3v) is 8.86. The molecule has 1 N–H and O–H groups in total. The van der Waals surface area contributed by atoms with E-state index < -0.39 is 11.1 Å². The molecule has 0 radical (unpaired) electrons. The number of aliphatic hydroxyl groups is 1. The molecular weight excluding hydrogens is 534 g/mol. The minimum atomic E-state index is -1.49. The molecule has 0 spiro atoms. The first kappa shape index (κ1) is 26.9. The summed E-state index contributed by atoms with van der Waals surface area (Å²) in [6.07, 6.45) is 5.63. The maximum atomic E-state index is 12.7. The molecule has 214 valence electrons. The SMILES string of the molecule is CC(C)C(O)(c1cn(C(c2ccccc2)(c2ccccc2)c2ccccc2)cn1)c1cn2c3c(ccc2n1)C(=O)N(C)C3.